The second kappa shape index (κ2) is 9.57. The van der Waals surface area contributed by atoms with Crippen LogP contribution < -0.4 is 14.8 Å². The molecule has 2 aromatic carbocycles. The standard InChI is InChI=1S/C22H23BrFN3O3/c1-28-20-10-16-19(11-21(20)30-12-14-3-2-7-29-8-6-14)25-13-26-22(16)27-18-5-4-15(23)9-17(18)24/h4-5,9-11,13-14H,2-3,6-8,12H2,1H3,(H,25,26,27). The van der Waals surface area contributed by atoms with Gasteiger partial charge in [0.15, 0.2) is 11.5 Å². The monoisotopic (exact) mass is 475 g/mol. The first kappa shape index (κ1) is 20.8. The number of nitrogens with one attached hydrogen (secondary N) is 1. The molecule has 1 aliphatic heterocycles. The van der Waals surface area contributed by atoms with E-state index in [1.807, 2.05) is 12.1 Å². The van der Waals surface area contributed by atoms with Gasteiger partial charge in [-0.3, -0.25) is 0 Å². The lowest BCUT2D eigenvalue weighted by molar-refractivity contribution is 0.137. The van der Waals surface area contributed by atoms with Gasteiger partial charge in [-0.15, -0.1) is 0 Å². The summed E-state index contributed by atoms with van der Waals surface area (Å²) in [6.07, 6.45) is 4.58. The van der Waals surface area contributed by atoms with E-state index in [2.05, 4.69) is 31.2 Å². The Balaban J connectivity index is 1.60. The number of methoxy groups -OCH3 is 1. The third-order valence-corrected chi connectivity index (χ3v) is 5.64. The molecule has 8 heteroatoms. The van der Waals surface area contributed by atoms with Crippen LogP contribution in [0, 0.1) is 11.7 Å². The molecule has 1 saturated heterocycles. The van der Waals surface area contributed by atoms with Crippen molar-refractivity contribution in [1.82, 2.24) is 9.97 Å². The predicted molar refractivity (Wildman–Crippen MR) is 117 cm³/mol. The molecule has 1 unspecified atom stereocenters. The van der Waals surface area contributed by atoms with E-state index in [0.717, 1.165) is 32.5 Å². The maximum Gasteiger partial charge on any atom is 0.163 e. The fourth-order valence-electron chi connectivity index (χ4n) is 3.50. The van der Waals surface area contributed by atoms with Gasteiger partial charge in [-0.25, -0.2) is 14.4 Å². The summed E-state index contributed by atoms with van der Waals surface area (Å²) in [5, 5.41) is 3.76. The molecule has 0 saturated carbocycles. The lowest BCUT2D eigenvalue weighted by Crippen LogP contribution is -2.13. The van der Waals surface area contributed by atoms with Gasteiger partial charge >= 0.3 is 0 Å². The summed E-state index contributed by atoms with van der Waals surface area (Å²) in [6, 6.07) is 8.47. The van der Waals surface area contributed by atoms with E-state index in [0.29, 0.717) is 50.9 Å². The first-order chi connectivity index (χ1) is 14.6. The van der Waals surface area contributed by atoms with Crippen LogP contribution >= 0.6 is 15.9 Å². The molecule has 2 heterocycles. The topological polar surface area (TPSA) is 65.5 Å². The molecule has 1 fully saturated rings. The van der Waals surface area contributed by atoms with E-state index < -0.39 is 0 Å². The second-order valence-corrected chi connectivity index (χ2v) is 8.13. The molecule has 1 aromatic heterocycles. The summed E-state index contributed by atoms with van der Waals surface area (Å²) in [4.78, 5) is 8.65. The number of halogens is 2. The number of ether oxygens (including phenoxy) is 3. The molecule has 0 radical (unpaired) electrons. The van der Waals surface area contributed by atoms with Crippen LogP contribution in [0.2, 0.25) is 0 Å². The van der Waals surface area contributed by atoms with Crippen LogP contribution in [0.3, 0.4) is 0 Å². The van der Waals surface area contributed by atoms with Crippen molar-refractivity contribution in [2.45, 2.75) is 19.3 Å². The molecule has 0 spiro atoms. The van der Waals surface area contributed by atoms with Crippen LogP contribution in [0.4, 0.5) is 15.9 Å². The molecular weight excluding hydrogens is 453 g/mol. The van der Waals surface area contributed by atoms with Crippen molar-refractivity contribution in [3.8, 4) is 11.5 Å². The lowest BCUT2D eigenvalue weighted by Gasteiger charge is -2.17. The van der Waals surface area contributed by atoms with Crippen LogP contribution in [-0.2, 0) is 4.74 Å². The lowest BCUT2D eigenvalue weighted by atomic mass is 10.0. The average Bonchev–Trinajstić information content (AvgIpc) is 3.02. The second-order valence-electron chi connectivity index (χ2n) is 7.21. The Hall–Kier alpha value is -2.45. The van der Waals surface area contributed by atoms with Crippen molar-refractivity contribution in [3.05, 3.63) is 46.9 Å². The molecule has 1 atom stereocenters. The summed E-state index contributed by atoms with van der Waals surface area (Å²) >= 11 is 3.27. The number of hydrogen-bond donors (Lipinski definition) is 1. The third-order valence-electron chi connectivity index (χ3n) is 5.15. The van der Waals surface area contributed by atoms with Gasteiger partial charge < -0.3 is 19.5 Å². The summed E-state index contributed by atoms with van der Waals surface area (Å²) in [5.74, 6) is 1.79. The Morgan fingerprint density at radius 3 is 2.90 bits per heavy atom. The highest BCUT2D eigenvalue weighted by molar-refractivity contribution is 9.10. The normalized spacial score (nSPS) is 16.8. The van der Waals surface area contributed by atoms with Crippen LogP contribution in [0.1, 0.15) is 19.3 Å². The molecule has 3 aromatic rings. The van der Waals surface area contributed by atoms with Crippen molar-refractivity contribution in [2.75, 3.05) is 32.2 Å². The smallest absolute Gasteiger partial charge is 0.163 e. The molecular formula is C22H23BrFN3O3. The minimum Gasteiger partial charge on any atom is -0.493 e. The number of benzene rings is 2. The van der Waals surface area contributed by atoms with E-state index in [9.17, 15) is 4.39 Å². The molecule has 0 aliphatic carbocycles. The Bertz CT molecular complexity index is 1030. The zero-order chi connectivity index (χ0) is 20.9. The maximum absolute atomic E-state index is 14.3. The van der Waals surface area contributed by atoms with Gasteiger partial charge in [-0.1, -0.05) is 15.9 Å². The van der Waals surface area contributed by atoms with E-state index in [-0.39, 0.29) is 5.82 Å². The maximum atomic E-state index is 14.3. The number of nitrogens with zero attached hydrogens (tertiary/aromatic N) is 2. The molecule has 1 N–H and O–H groups in total. The molecule has 4 rings (SSSR count). The van der Waals surface area contributed by atoms with Crippen LogP contribution in [-0.4, -0.2) is 36.9 Å². The Morgan fingerprint density at radius 1 is 1.17 bits per heavy atom. The Kier molecular flexibility index (Phi) is 6.64. The number of fused-ring (bicyclic) bond motifs is 1. The summed E-state index contributed by atoms with van der Waals surface area (Å²) < 4.78 is 32.1. The van der Waals surface area contributed by atoms with Gasteiger partial charge in [0.05, 0.1) is 24.9 Å². The third kappa shape index (κ3) is 4.82. The number of anilines is 2. The van der Waals surface area contributed by atoms with Gasteiger partial charge in [0.2, 0.25) is 0 Å². The molecule has 1 aliphatic rings. The van der Waals surface area contributed by atoms with Crippen molar-refractivity contribution in [2.24, 2.45) is 5.92 Å². The summed E-state index contributed by atoms with van der Waals surface area (Å²) in [6.45, 7) is 2.20. The Labute approximate surface area is 182 Å². The quantitative estimate of drug-likeness (QED) is 0.509. The van der Waals surface area contributed by atoms with Crippen LogP contribution in [0.15, 0.2) is 41.1 Å². The summed E-state index contributed by atoms with van der Waals surface area (Å²) in [7, 11) is 1.60. The van der Waals surface area contributed by atoms with Gasteiger partial charge in [-0.05, 0) is 49.4 Å². The minimum absolute atomic E-state index is 0.327. The first-order valence-corrected chi connectivity index (χ1v) is 10.7. The van der Waals surface area contributed by atoms with Crippen LogP contribution in [0.25, 0.3) is 10.9 Å². The summed E-state index contributed by atoms with van der Waals surface area (Å²) in [5.41, 5.74) is 1.01. The van der Waals surface area contributed by atoms with E-state index in [1.165, 1.54) is 12.4 Å². The highest BCUT2D eigenvalue weighted by atomic mass is 79.9. The highest BCUT2D eigenvalue weighted by Crippen LogP contribution is 2.35. The Morgan fingerprint density at radius 2 is 2.07 bits per heavy atom. The fraction of sp³-hybridized carbons (Fsp3) is 0.364. The van der Waals surface area contributed by atoms with E-state index in [1.54, 1.807) is 19.2 Å². The van der Waals surface area contributed by atoms with Crippen LogP contribution in [0.5, 0.6) is 11.5 Å². The number of aromatic nitrogens is 2. The van der Waals surface area contributed by atoms with Crippen molar-refractivity contribution < 1.29 is 18.6 Å². The number of rotatable bonds is 6. The van der Waals surface area contributed by atoms with Crippen molar-refractivity contribution in [3.63, 3.8) is 0 Å². The molecule has 0 bridgehead atoms. The first-order valence-electron chi connectivity index (χ1n) is 9.89. The zero-order valence-electron chi connectivity index (χ0n) is 16.7. The SMILES string of the molecule is COc1cc2c(Nc3ccc(Br)cc3F)ncnc2cc1OCC1CCCOCC1. The predicted octanol–water partition coefficient (Wildman–Crippen LogP) is 5.48. The van der Waals surface area contributed by atoms with Gasteiger partial charge in [-0.2, -0.15) is 0 Å². The largest absolute Gasteiger partial charge is 0.493 e. The van der Waals surface area contributed by atoms with Gasteiger partial charge in [0, 0.05) is 29.1 Å². The van der Waals surface area contributed by atoms with Gasteiger partial charge in [0.1, 0.15) is 18.0 Å². The average molecular weight is 476 g/mol. The number of hydrogen-bond acceptors (Lipinski definition) is 6. The van der Waals surface area contributed by atoms with E-state index >= 15 is 0 Å². The zero-order valence-corrected chi connectivity index (χ0v) is 18.2. The van der Waals surface area contributed by atoms with E-state index in [4.69, 9.17) is 14.2 Å². The molecule has 158 valence electrons. The fourth-order valence-corrected chi connectivity index (χ4v) is 3.83. The molecule has 6 nitrogen and oxygen atoms in total. The molecule has 30 heavy (non-hydrogen) atoms. The van der Waals surface area contributed by atoms with Gasteiger partial charge in [0.25, 0.3) is 0 Å². The molecule has 0 amide bonds. The van der Waals surface area contributed by atoms with Crippen molar-refractivity contribution >= 4 is 38.3 Å². The minimum atomic E-state index is -0.379. The highest BCUT2D eigenvalue weighted by Gasteiger charge is 2.17. The van der Waals surface area contributed by atoms with Crippen molar-refractivity contribution in [1.29, 1.82) is 0 Å².